The lowest BCUT2D eigenvalue weighted by Crippen LogP contribution is -2.41. The predicted molar refractivity (Wildman–Crippen MR) is 80.5 cm³/mol. The number of piperidine rings is 1. The van der Waals surface area contributed by atoms with Crippen molar-refractivity contribution in [3.8, 4) is 0 Å². The summed E-state index contributed by atoms with van der Waals surface area (Å²) in [5, 5.41) is 17.7. The first-order chi connectivity index (χ1) is 9.69. The van der Waals surface area contributed by atoms with Gasteiger partial charge in [0.15, 0.2) is 0 Å². The van der Waals surface area contributed by atoms with Gasteiger partial charge in [0, 0.05) is 32.4 Å². The summed E-state index contributed by atoms with van der Waals surface area (Å²) in [4.78, 5) is 2.38. The van der Waals surface area contributed by atoms with Gasteiger partial charge in [-0.15, -0.1) is 0 Å². The van der Waals surface area contributed by atoms with Crippen LogP contribution in [0.2, 0.25) is 0 Å². The highest BCUT2D eigenvalue weighted by atomic mass is 16.3. The minimum Gasteiger partial charge on any atom is -0.390 e. The Labute approximate surface area is 122 Å². The molecule has 0 amide bonds. The second-order valence-corrected chi connectivity index (χ2v) is 5.91. The largest absolute Gasteiger partial charge is 0.390 e. The smallest absolute Gasteiger partial charge is 0.0791 e. The lowest BCUT2D eigenvalue weighted by atomic mass is 9.99. The maximum absolute atomic E-state index is 10.1. The van der Waals surface area contributed by atoms with Crippen LogP contribution >= 0.6 is 0 Å². The number of rotatable bonds is 7. The molecule has 0 spiro atoms. The fourth-order valence-electron chi connectivity index (χ4n) is 2.77. The third-order valence-corrected chi connectivity index (χ3v) is 4.14. The molecule has 1 aromatic heterocycles. The summed E-state index contributed by atoms with van der Waals surface area (Å²) < 4.78 is 1.98. The van der Waals surface area contributed by atoms with Crippen LogP contribution in [0.5, 0.6) is 0 Å². The molecule has 1 unspecified atom stereocenters. The summed E-state index contributed by atoms with van der Waals surface area (Å²) in [7, 11) is 0. The van der Waals surface area contributed by atoms with Crippen LogP contribution in [0.4, 0.5) is 0 Å². The molecule has 0 aromatic carbocycles. The average Bonchev–Trinajstić information content (AvgIpc) is 2.89. The second kappa shape index (κ2) is 7.76. The third-order valence-electron chi connectivity index (χ3n) is 4.14. The molecule has 2 heterocycles. The number of hydrogen-bond donors (Lipinski definition) is 2. The molecule has 5 nitrogen and oxygen atoms in total. The normalized spacial score (nSPS) is 19.4. The van der Waals surface area contributed by atoms with Crippen LogP contribution in [0, 0.1) is 5.92 Å². The van der Waals surface area contributed by atoms with Gasteiger partial charge < -0.3 is 15.3 Å². The first kappa shape index (κ1) is 15.5. The van der Waals surface area contributed by atoms with E-state index in [9.17, 15) is 5.11 Å². The highest BCUT2D eigenvalue weighted by Crippen LogP contribution is 2.15. The Hall–Kier alpha value is -0.910. The van der Waals surface area contributed by atoms with E-state index in [0.29, 0.717) is 6.54 Å². The molecule has 1 fully saturated rings. The lowest BCUT2D eigenvalue weighted by Gasteiger charge is -2.31. The van der Waals surface area contributed by atoms with Gasteiger partial charge >= 0.3 is 0 Å². The van der Waals surface area contributed by atoms with Crippen LogP contribution in [0.3, 0.4) is 0 Å². The third kappa shape index (κ3) is 4.58. The van der Waals surface area contributed by atoms with E-state index in [2.05, 4.69) is 29.2 Å². The highest BCUT2D eigenvalue weighted by Gasteiger charge is 2.18. The van der Waals surface area contributed by atoms with Crippen LogP contribution in [0.1, 0.15) is 32.4 Å². The minimum atomic E-state index is -0.290. The van der Waals surface area contributed by atoms with Crippen molar-refractivity contribution >= 4 is 0 Å². The second-order valence-electron chi connectivity index (χ2n) is 5.91. The van der Waals surface area contributed by atoms with Gasteiger partial charge in [0.1, 0.15) is 0 Å². The zero-order valence-electron chi connectivity index (χ0n) is 12.8. The molecule has 0 saturated carbocycles. The van der Waals surface area contributed by atoms with Crippen molar-refractivity contribution in [3.63, 3.8) is 0 Å². The van der Waals surface area contributed by atoms with Gasteiger partial charge in [-0.2, -0.15) is 5.10 Å². The number of nitrogens with zero attached hydrogens (tertiary/aromatic N) is 3. The summed E-state index contributed by atoms with van der Waals surface area (Å²) in [6.45, 7) is 9.73. The standard InChI is InChI=1S/C15H28N4O/c1-3-19-14(4-7-17-19)10-16-11-15(20)12-18-8-5-13(2)6-9-18/h4,7,13,15-16,20H,3,5-6,8-12H2,1-2H3. The Kier molecular flexibility index (Phi) is 6.01. The highest BCUT2D eigenvalue weighted by molar-refractivity contribution is 4.99. The molecule has 2 rings (SSSR count). The van der Waals surface area contributed by atoms with Gasteiger partial charge in [0.25, 0.3) is 0 Å². The Bertz CT molecular complexity index is 385. The zero-order chi connectivity index (χ0) is 14.4. The van der Waals surface area contributed by atoms with Crippen molar-refractivity contribution in [1.82, 2.24) is 20.0 Å². The molecular weight excluding hydrogens is 252 g/mol. The quantitative estimate of drug-likeness (QED) is 0.785. The van der Waals surface area contributed by atoms with Gasteiger partial charge in [-0.25, -0.2) is 0 Å². The van der Waals surface area contributed by atoms with E-state index in [1.54, 1.807) is 0 Å². The maximum atomic E-state index is 10.1. The van der Waals surface area contributed by atoms with E-state index < -0.39 is 0 Å². The number of aliphatic hydroxyl groups excluding tert-OH is 1. The van der Waals surface area contributed by atoms with Crippen molar-refractivity contribution in [3.05, 3.63) is 18.0 Å². The maximum Gasteiger partial charge on any atom is 0.0791 e. The SMILES string of the molecule is CCn1nccc1CNCC(O)CN1CCC(C)CC1. The predicted octanol–water partition coefficient (Wildman–Crippen LogP) is 1.09. The van der Waals surface area contributed by atoms with Crippen LogP contribution in [-0.4, -0.2) is 52.1 Å². The summed E-state index contributed by atoms with van der Waals surface area (Å²) in [5.41, 5.74) is 1.17. The Morgan fingerprint density at radius 3 is 2.90 bits per heavy atom. The van der Waals surface area contributed by atoms with Crippen LogP contribution in [0.15, 0.2) is 12.3 Å². The molecule has 1 aromatic rings. The number of likely N-dealkylation sites (tertiary alicyclic amines) is 1. The van der Waals surface area contributed by atoms with E-state index in [1.165, 1.54) is 18.5 Å². The monoisotopic (exact) mass is 280 g/mol. The van der Waals surface area contributed by atoms with Gasteiger partial charge in [-0.3, -0.25) is 4.68 Å². The molecule has 5 heteroatoms. The summed E-state index contributed by atoms with van der Waals surface area (Å²) in [6, 6.07) is 2.02. The van der Waals surface area contributed by atoms with Crippen molar-refractivity contribution < 1.29 is 5.11 Å². The number of aliphatic hydroxyl groups is 1. The van der Waals surface area contributed by atoms with Gasteiger partial charge in [-0.05, 0) is 44.8 Å². The van der Waals surface area contributed by atoms with Crippen LogP contribution in [-0.2, 0) is 13.1 Å². The molecule has 1 aliphatic rings. The molecule has 1 saturated heterocycles. The van der Waals surface area contributed by atoms with E-state index >= 15 is 0 Å². The topological polar surface area (TPSA) is 53.3 Å². The van der Waals surface area contributed by atoms with Gasteiger partial charge in [0.05, 0.1) is 11.8 Å². The average molecular weight is 280 g/mol. The molecular formula is C15H28N4O. The van der Waals surface area contributed by atoms with Crippen molar-refractivity contribution in [2.45, 2.75) is 45.9 Å². The first-order valence-electron chi connectivity index (χ1n) is 7.81. The summed E-state index contributed by atoms with van der Waals surface area (Å²) in [5.74, 6) is 0.843. The summed E-state index contributed by atoms with van der Waals surface area (Å²) >= 11 is 0. The molecule has 1 aliphatic heterocycles. The van der Waals surface area contributed by atoms with Crippen LogP contribution in [0.25, 0.3) is 0 Å². The molecule has 0 aliphatic carbocycles. The van der Waals surface area contributed by atoms with E-state index in [1.807, 2.05) is 16.9 Å². The van der Waals surface area contributed by atoms with Crippen LogP contribution < -0.4 is 5.32 Å². The van der Waals surface area contributed by atoms with E-state index in [0.717, 1.165) is 38.6 Å². The molecule has 114 valence electrons. The number of hydrogen-bond acceptors (Lipinski definition) is 4. The fraction of sp³-hybridized carbons (Fsp3) is 0.800. The molecule has 20 heavy (non-hydrogen) atoms. The Morgan fingerprint density at radius 1 is 1.45 bits per heavy atom. The van der Waals surface area contributed by atoms with Gasteiger partial charge in [0.2, 0.25) is 0 Å². The van der Waals surface area contributed by atoms with Crippen molar-refractivity contribution in [2.75, 3.05) is 26.2 Å². The minimum absolute atomic E-state index is 0.290. The number of aromatic nitrogens is 2. The lowest BCUT2D eigenvalue weighted by molar-refractivity contribution is 0.0905. The molecule has 1 atom stereocenters. The zero-order valence-corrected chi connectivity index (χ0v) is 12.8. The van der Waals surface area contributed by atoms with E-state index in [4.69, 9.17) is 0 Å². The number of nitrogens with one attached hydrogen (secondary N) is 1. The number of aryl methyl sites for hydroxylation is 1. The molecule has 0 radical (unpaired) electrons. The molecule has 0 bridgehead atoms. The first-order valence-corrected chi connectivity index (χ1v) is 7.81. The Balaban J connectivity index is 1.64. The number of β-amino-alcohol motifs (C(OH)–C–C–N with tert-alkyl or cyclic N) is 1. The fourth-order valence-corrected chi connectivity index (χ4v) is 2.77. The molecule has 2 N–H and O–H groups in total. The van der Waals surface area contributed by atoms with Crippen molar-refractivity contribution in [2.24, 2.45) is 5.92 Å². The van der Waals surface area contributed by atoms with E-state index in [-0.39, 0.29) is 6.10 Å². The van der Waals surface area contributed by atoms with Crippen molar-refractivity contribution in [1.29, 1.82) is 0 Å². The Morgan fingerprint density at radius 2 is 2.20 bits per heavy atom. The summed E-state index contributed by atoms with van der Waals surface area (Å²) in [6.07, 6.45) is 4.05. The van der Waals surface area contributed by atoms with Gasteiger partial charge in [-0.1, -0.05) is 6.92 Å².